The molecule has 2 aliphatic rings. The highest BCUT2D eigenvalue weighted by molar-refractivity contribution is 6.35. The van der Waals surface area contributed by atoms with Gasteiger partial charge in [-0.2, -0.15) is 0 Å². The molecule has 1 aliphatic carbocycles. The Bertz CT molecular complexity index is 1240. The van der Waals surface area contributed by atoms with Gasteiger partial charge in [-0.3, -0.25) is 9.59 Å². The van der Waals surface area contributed by atoms with Crippen LogP contribution in [0.3, 0.4) is 0 Å². The summed E-state index contributed by atoms with van der Waals surface area (Å²) in [5.41, 5.74) is 2.06. The van der Waals surface area contributed by atoms with E-state index in [-0.39, 0.29) is 17.9 Å². The third-order valence-corrected chi connectivity index (χ3v) is 7.96. The summed E-state index contributed by atoms with van der Waals surface area (Å²) in [6.07, 6.45) is 5.52. The van der Waals surface area contributed by atoms with Crippen LogP contribution in [0.5, 0.6) is 0 Å². The number of hydrogen-bond acceptors (Lipinski definition) is 3. The quantitative estimate of drug-likeness (QED) is 0.437. The molecule has 1 aliphatic heterocycles. The molecule has 2 amide bonds. The summed E-state index contributed by atoms with van der Waals surface area (Å²) in [5, 5.41) is 8.37. The van der Waals surface area contributed by atoms with Gasteiger partial charge in [-0.15, -0.1) is 0 Å². The largest absolute Gasteiger partial charge is 0.361 e. The number of rotatable bonds is 7. The highest BCUT2D eigenvalue weighted by Gasteiger charge is 2.53. The van der Waals surface area contributed by atoms with Crippen LogP contribution in [-0.4, -0.2) is 53.9 Å². The highest BCUT2D eigenvalue weighted by Crippen LogP contribution is 2.51. The van der Waals surface area contributed by atoms with Gasteiger partial charge < -0.3 is 20.5 Å². The number of halogens is 2. The van der Waals surface area contributed by atoms with E-state index in [1.807, 2.05) is 36.5 Å². The number of likely N-dealkylation sites (tertiary alicyclic amines) is 1. The highest BCUT2D eigenvalue weighted by atomic mass is 35.5. The van der Waals surface area contributed by atoms with Gasteiger partial charge in [-0.25, -0.2) is 0 Å². The van der Waals surface area contributed by atoms with Crippen molar-refractivity contribution >= 4 is 45.9 Å². The molecule has 0 radical (unpaired) electrons. The molecule has 0 bridgehead atoms. The summed E-state index contributed by atoms with van der Waals surface area (Å²) in [5.74, 6) is -0.304. The maximum atomic E-state index is 13.6. The minimum atomic E-state index is -0.714. The van der Waals surface area contributed by atoms with Crippen LogP contribution >= 0.6 is 23.2 Å². The normalized spacial score (nSPS) is 18.8. The van der Waals surface area contributed by atoms with E-state index in [9.17, 15) is 9.59 Å². The summed E-state index contributed by atoms with van der Waals surface area (Å²) in [7, 11) is 2.09. The van der Waals surface area contributed by atoms with Crippen molar-refractivity contribution in [3.8, 4) is 0 Å². The molecule has 1 aromatic heterocycles. The molecule has 0 spiro atoms. The monoisotopic (exact) mass is 512 g/mol. The molecule has 2 fully saturated rings. The van der Waals surface area contributed by atoms with Crippen LogP contribution in [0.1, 0.15) is 36.8 Å². The second-order valence-electron chi connectivity index (χ2n) is 9.88. The van der Waals surface area contributed by atoms with Crippen molar-refractivity contribution in [2.45, 2.75) is 49.6 Å². The summed E-state index contributed by atoms with van der Waals surface area (Å²) in [4.78, 5) is 32.6. The number of benzene rings is 2. The fourth-order valence-electron chi connectivity index (χ4n) is 5.10. The fourth-order valence-corrected chi connectivity index (χ4v) is 5.69. The predicted molar refractivity (Wildman–Crippen MR) is 140 cm³/mol. The van der Waals surface area contributed by atoms with E-state index in [1.165, 1.54) is 0 Å². The molecule has 1 atom stereocenters. The van der Waals surface area contributed by atoms with Crippen molar-refractivity contribution in [2.24, 2.45) is 0 Å². The number of aromatic nitrogens is 1. The van der Waals surface area contributed by atoms with Crippen LogP contribution in [0.25, 0.3) is 10.9 Å². The Hall–Kier alpha value is -2.54. The molecule has 1 saturated carbocycles. The Morgan fingerprint density at radius 2 is 1.89 bits per heavy atom. The lowest BCUT2D eigenvalue weighted by Crippen LogP contribution is -2.54. The minimum Gasteiger partial charge on any atom is -0.361 e. The molecule has 1 saturated heterocycles. The van der Waals surface area contributed by atoms with E-state index < -0.39 is 11.5 Å². The minimum absolute atomic E-state index is 0.113. The Labute approximate surface area is 215 Å². The van der Waals surface area contributed by atoms with Crippen LogP contribution < -0.4 is 10.6 Å². The summed E-state index contributed by atoms with van der Waals surface area (Å²) in [6, 6.07) is 12.7. The van der Waals surface area contributed by atoms with E-state index in [2.05, 4.69) is 27.6 Å². The van der Waals surface area contributed by atoms with E-state index in [0.29, 0.717) is 29.3 Å². The lowest BCUT2D eigenvalue weighted by Gasteiger charge is -2.31. The van der Waals surface area contributed by atoms with Gasteiger partial charge in [0.1, 0.15) is 6.04 Å². The summed E-state index contributed by atoms with van der Waals surface area (Å²) < 4.78 is 0. The first-order chi connectivity index (χ1) is 16.9. The van der Waals surface area contributed by atoms with Crippen LogP contribution in [0, 0.1) is 0 Å². The first kappa shape index (κ1) is 24.2. The predicted octanol–water partition coefficient (Wildman–Crippen LogP) is 4.44. The molecule has 6 nitrogen and oxygen atoms in total. The van der Waals surface area contributed by atoms with Crippen molar-refractivity contribution in [1.82, 2.24) is 20.5 Å². The first-order valence-electron chi connectivity index (χ1n) is 12.2. The summed E-state index contributed by atoms with van der Waals surface area (Å²) >= 11 is 12.5. The molecule has 5 rings (SSSR count). The average Bonchev–Trinajstić information content (AvgIpc) is 3.55. The number of nitrogens with zero attached hydrogens (tertiary/aromatic N) is 1. The van der Waals surface area contributed by atoms with Crippen molar-refractivity contribution in [3.63, 3.8) is 0 Å². The first-order valence-corrected chi connectivity index (χ1v) is 12.9. The zero-order chi connectivity index (χ0) is 24.6. The van der Waals surface area contributed by atoms with Crippen LogP contribution in [-0.2, 0) is 21.4 Å². The number of carbonyl (C=O) groups excluding carboxylic acids is 2. The second-order valence-corrected chi connectivity index (χ2v) is 10.7. The van der Waals surface area contributed by atoms with E-state index in [4.69, 9.17) is 23.2 Å². The third kappa shape index (κ3) is 5.06. The number of amides is 2. The maximum absolute atomic E-state index is 13.6. The van der Waals surface area contributed by atoms with Gasteiger partial charge in [0.2, 0.25) is 11.8 Å². The lowest BCUT2D eigenvalue weighted by atomic mass is 9.93. The summed E-state index contributed by atoms with van der Waals surface area (Å²) in [6.45, 7) is 1.89. The van der Waals surface area contributed by atoms with Crippen molar-refractivity contribution in [3.05, 3.63) is 69.8 Å². The van der Waals surface area contributed by atoms with Crippen LogP contribution in [0.15, 0.2) is 48.7 Å². The number of piperidine rings is 1. The Balaban J connectivity index is 1.38. The molecular weight excluding hydrogens is 483 g/mol. The molecular formula is C27H30Cl2N4O2. The number of aromatic amines is 1. The molecule has 2 heterocycles. The Kier molecular flexibility index (Phi) is 6.80. The van der Waals surface area contributed by atoms with Gasteiger partial charge in [0.15, 0.2) is 0 Å². The van der Waals surface area contributed by atoms with Crippen LogP contribution in [0.2, 0.25) is 10.0 Å². The smallest absolute Gasteiger partial charge is 0.243 e. The lowest BCUT2D eigenvalue weighted by molar-refractivity contribution is -0.130. The van der Waals surface area contributed by atoms with Crippen molar-refractivity contribution in [2.75, 3.05) is 20.1 Å². The van der Waals surface area contributed by atoms with Crippen molar-refractivity contribution < 1.29 is 9.59 Å². The average molecular weight is 513 g/mol. The van der Waals surface area contributed by atoms with Crippen molar-refractivity contribution in [1.29, 1.82) is 0 Å². The number of nitrogens with one attached hydrogen (secondary N) is 3. The number of para-hydroxylation sites is 1. The van der Waals surface area contributed by atoms with Gasteiger partial charge in [0.25, 0.3) is 0 Å². The Morgan fingerprint density at radius 1 is 1.14 bits per heavy atom. The van der Waals surface area contributed by atoms with E-state index in [1.54, 1.807) is 12.1 Å². The molecule has 1 unspecified atom stereocenters. The number of fused-ring (bicyclic) bond motifs is 1. The number of H-pyrrole nitrogens is 1. The maximum Gasteiger partial charge on any atom is 0.243 e. The SMILES string of the molecule is CN1CCC(NC(=O)C(Cc2c[nH]c3ccccc23)NC(=O)C2(c3ccc(Cl)cc3Cl)CC2)CC1. The van der Waals surface area contributed by atoms with Gasteiger partial charge in [0.05, 0.1) is 5.41 Å². The van der Waals surface area contributed by atoms with E-state index >= 15 is 0 Å². The second kappa shape index (κ2) is 9.84. The molecule has 2 aromatic carbocycles. The van der Waals surface area contributed by atoms with Gasteiger partial charge in [-0.1, -0.05) is 47.5 Å². The molecule has 35 heavy (non-hydrogen) atoms. The molecule has 8 heteroatoms. The Morgan fingerprint density at radius 3 is 2.60 bits per heavy atom. The number of hydrogen-bond donors (Lipinski definition) is 3. The fraction of sp³-hybridized carbons (Fsp3) is 0.407. The van der Waals surface area contributed by atoms with Gasteiger partial charge in [-0.05, 0) is 75.1 Å². The topological polar surface area (TPSA) is 77.2 Å². The third-order valence-electron chi connectivity index (χ3n) is 7.42. The van der Waals surface area contributed by atoms with Gasteiger partial charge >= 0.3 is 0 Å². The standard InChI is InChI=1S/C27H30Cl2N4O2/c1-33-12-8-19(9-13-33)31-25(34)24(14-17-16-30-23-5-3-2-4-20(17)23)32-26(35)27(10-11-27)21-7-6-18(28)15-22(21)29/h2-7,15-16,19,24,30H,8-14H2,1H3,(H,31,34)(H,32,35). The molecule has 3 aromatic rings. The zero-order valence-corrected chi connectivity index (χ0v) is 21.3. The van der Waals surface area contributed by atoms with Gasteiger partial charge in [0, 0.05) is 39.6 Å². The van der Waals surface area contributed by atoms with E-state index in [0.717, 1.165) is 48.0 Å². The molecule has 3 N–H and O–H groups in total. The van der Waals surface area contributed by atoms with Crippen LogP contribution in [0.4, 0.5) is 0 Å². The molecule has 184 valence electrons. The zero-order valence-electron chi connectivity index (χ0n) is 19.7. The number of carbonyl (C=O) groups is 2.